The minimum Gasteiger partial charge on any atom is -0.465 e. The molecule has 1 fully saturated rings. The van der Waals surface area contributed by atoms with Crippen LogP contribution >= 0.6 is 0 Å². The lowest BCUT2D eigenvalue weighted by Crippen LogP contribution is -2.64. The van der Waals surface area contributed by atoms with Crippen LogP contribution in [0.1, 0.15) is 37.0 Å². The molecular weight excluding hydrogens is 419 g/mol. The zero-order valence-corrected chi connectivity index (χ0v) is 17.1. The fourth-order valence-electron chi connectivity index (χ4n) is 3.99. The average molecular weight is 441 g/mol. The zero-order chi connectivity index (χ0) is 23.0. The van der Waals surface area contributed by atoms with Gasteiger partial charge in [0.1, 0.15) is 25.3 Å². The van der Waals surface area contributed by atoms with E-state index in [0.29, 0.717) is 10.6 Å². The molecule has 0 radical (unpaired) electrons. The van der Waals surface area contributed by atoms with E-state index in [1.165, 1.54) is 17.9 Å². The molecule has 0 bridgehead atoms. The lowest BCUT2D eigenvalue weighted by Gasteiger charge is -2.48. The molecule has 11 heteroatoms. The van der Waals surface area contributed by atoms with Gasteiger partial charge in [0.2, 0.25) is 11.8 Å². The summed E-state index contributed by atoms with van der Waals surface area (Å²) in [6.45, 7) is -0.248. The normalized spacial score (nSPS) is 20.4. The molecule has 2 heterocycles. The van der Waals surface area contributed by atoms with Crippen LogP contribution in [0.25, 0.3) is 0 Å². The Balaban J connectivity index is 1.91. The van der Waals surface area contributed by atoms with Gasteiger partial charge < -0.3 is 14.5 Å². The maximum absolute atomic E-state index is 13.1. The lowest BCUT2D eigenvalue weighted by molar-refractivity contribution is -0.167. The number of anilines is 1. The van der Waals surface area contributed by atoms with Crippen molar-refractivity contribution in [3.8, 4) is 0 Å². The standard InChI is InChI=1S/C20H22F3N3O5/c1-3-31-17(29)11-24(12-20(21,22)23)16(28)10-25-18(30)13-6-4-5-7-14(13)26-15(27)8-9-19(25,26)2/h4-7H,3,8-12H2,1-2H3/t19-/m1/s1. The third-order valence-electron chi connectivity index (χ3n) is 5.39. The van der Waals surface area contributed by atoms with Gasteiger partial charge in [0, 0.05) is 6.42 Å². The van der Waals surface area contributed by atoms with Crippen molar-refractivity contribution in [3.05, 3.63) is 29.8 Å². The Morgan fingerprint density at radius 2 is 1.90 bits per heavy atom. The van der Waals surface area contributed by atoms with Gasteiger partial charge in [-0.1, -0.05) is 12.1 Å². The second-order valence-electron chi connectivity index (χ2n) is 7.52. The van der Waals surface area contributed by atoms with E-state index in [1.54, 1.807) is 25.1 Å². The van der Waals surface area contributed by atoms with Crippen molar-refractivity contribution in [2.45, 2.75) is 38.5 Å². The summed E-state index contributed by atoms with van der Waals surface area (Å²) < 4.78 is 43.7. The van der Waals surface area contributed by atoms with Gasteiger partial charge in [-0.3, -0.25) is 24.1 Å². The van der Waals surface area contributed by atoms with Gasteiger partial charge in [-0.05, 0) is 32.4 Å². The molecule has 0 spiro atoms. The predicted molar refractivity (Wildman–Crippen MR) is 102 cm³/mol. The minimum atomic E-state index is -4.75. The molecule has 1 aromatic carbocycles. The van der Waals surface area contributed by atoms with Crippen LogP contribution in [0.15, 0.2) is 24.3 Å². The van der Waals surface area contributed by atoms with Gasteiger partial charge in [0.05, 0.1) is 17.9 Å². The molecular formula is C20H22F3N3O5. The quantitative estimate of drug-likeness (QED) is 0.630. The number of rotatable bonds is 6. The van der Waals surface area contributed by atoms with Crippen molar-refractivity contribution in [2.75, 3.05) is 31.1 Å². The van der Waals surface area contributed by atoms with E-state index in [-0.39, 0.29) is 30.9 Å². The number of para-hydroxylation sites is 1. The zero-order valence-electron chi connectivity index (χ0n) is 17.1. The molecule has 2 aliphatic heterocycles. The Hall–Kier alpha value is -3.11. The highest BCUT2D eigenvalue weighted by atomic mass is 19.4. The lowest BCUT2D eigenvalue weighted by atomic mass is 9.98. The van der Waals surface area contributed by atoms with E-state index in [4.69, 9.17) is 0 Å². The molecule has 0 unspecified atom stereocenters. The van der Waals surface area contributed by atoms with Crippen molar-refractivity contribution < 1.29 is 37.1 Å². The highest BCUT2D eigenvalue weighted by molar-refractivity contribution is 6.11. The summed E-state index contributed by atoms with van der Waals surface area (Å²) in [6.07, 6.45) is -4.41. The summed E-state index contributed by atoms with van der Waals surface area (Å²) in [7, 11) is 0. The average Bonchev–Trinajstić information content (AvgIpc) is 2.99. The summed E-state index contributed by atoms with van der Waals surface area (Å²) in [5.74, 6) is -2.88. The molecule has 31 heavy (non-hydrogen) atoms. The molecule has 0 N–H and O–H groups in total. The smallest absolute Gasteiger partial charge is 0.406 e. The SMILES string of the molecule is CCOC(=O)CN(CC(F)(F)F)C(=O)CN1C(=O)c2ccccc2N2C(=O)CC[C@]12C. The van der Waals surface area contributed by atoms with Crippen LogP contribution in [0.4, 0.5) is 18.9 Å². The molecule has 3 amide bonds. The first kappa shape index (κ1) is 22.6. The topological polar surface area (TPSA) is 87.2 Å². The first-order valence-corrected chi connectivity index (χ1v) is 9.72. The first-order valence-electron chi connectivity index (χ1n) is 9.72. The second-order valence-corrected chi connectivity index (χ2v) is 7.52. The minimum absolute atomic E-state index is 0.0522. The maximum atomic E-state index is 13.1. The Kier molecular flexibility index (Phi) is 5.97. The Bertz CT molecular complexity index is 920. The van der Waals surface area contributed by atoms with Crippen LogP contribution < -0.4 is 4.90 Å². The molecule has 2 aliphatic rings. The molecule has 0 aliphatic carbocycles. The summed E-state index contributed by atoms with van der Waals surface area (Å²) in [5, 5.41) is 0. The maximum Gasteiger partial charge on any atom is 0.406 e. The third-order valence-corrected chi connectivity index (χ3v) is 5.39. The second kappa shape index (κ2) is 8.20. The van der Waals surface area contributed by atoms with Crippen molar-refractivity contribution in [1.82, 2.24) is 9.80 Å². The van der Waals surface area contributed by atoms with Gasteiger partial charge in [0.25, 0.3) is 5.91 Å². The Labute approximate surface area is 176 Å². The van der Waals surface area contributed by atoms with Gasteiger partial charge in [-0.15, -0.1) is 0 Å². The van der Waals surface area contributed by atoms with Gasteiger partial charge in [0.15, 0.2) is 0 Å². The van der Waals surface area contributed by atoms with E-state index in [2.05, 4.69) is 4.74 Å². The fraction of sp³-hybridized carbons (Fsp3) is 0.500. The first-order chi connectivity index (χ1) is 14.5. The largest absolute Gasteiger partial charge is 0.465 e. The number of benzene rings is 1. The van der Waals surface area contributed by atoms with Crippen LogP contribution in [0.3, 0.4) is 0 Å². The van der Waals surface area contributed by atoms with Gasteiger partial charge in [-0.25, -0.2) is 0 Å². The number of fused-ring (bicyclic) bond motifs is 3. The van der Waals surface area contributed by atoms with Crippen LogP contribution in [-0.2, 0) is 19.1 Å². The summed E-state index contributed by atoms with van der Waals surface area (Å²) in [6, 6.07) is 6.37. The van der Waals surface area contributed by atoms with E-state index < -0.39 is 49.3 Å². The number of nitrogens with zero attached hydrogens (tertiary/aromatic N) is 3. The number of hydrogen-bond donors (Lipinski definition) is 0. The van der Waals surface area contributed by atoms with Crippen LogP contribution in [0, 0.1) is 0 Å². The highest BCUT2D eigenvalue weighted by Crippen LogP contribution is 2.43. The van der Waals surface area contributed by atoms with Crippen molar-refractivity contribution >= 4 is 29.4 Å². The number of carbonyl (C=O) groups is 4. The number of amides is 3. The van der Waals surface area contributed by atoms with E-state index in [1.807, 2.05) is 0 Å². The van der Waals surface area contributed by atoms with Crippen LogP contribution in [-0.4, -0.2) is 71.6 Å². The van der Waals surface area contributed by atoms with Crippen molar-refractivity contribution in [1.29, 1.82) is 0 Å². The Morgan fingerprint density at radius 1 is 1.23 bits per heavy atom. The number of carbonyl (C=O) groups excluding carboxylic acids is 4. The molecule has 8 nitrogen and oxygen atoms in total. The van der Waals surface area contributed by atoms with Gasteiger partial charge in [-0.2, -0.15) is 13.2 Å². The molecule has 0 saturated carbocycles. The number of ether oxygens (including phenoxy) is 1. The number of halogens is 3. The molecule has 0 aromatic heterocycles. The molecule has 168 valence electrons. The highest BCUT2D eigenvalue weighted by Gasteiger charge is 2.53. The van der Waals surface area contributed by atoms with E-state index in [9.17, 15) is 32.3 Å². The number of hydrogen-bond acceptors (Lipinski definition) is 5. The summed E-state index contributed by atoms with van der Waals surface area (Å²) >= 11 is 0. The number of alkyl halides is 3. The van der Waals surface area contributed by atoms with E-state index >= 15 is 0 Å². The van der Waals surface area contributed by atoms with Gasteiger partial charge >= 0.3 is 12.1 Å². The van der Waals surface area contributed by atoms with Crippen molar-refractivity contribution in [2.24, 2.45) is 0 Å². The molecule has 1 aromatic rings. The number of esters is 1. The Morgan fingerprint density at radius 3 is 2.55 bits per heavy atom. The summed E-state index contributed by atoms with van der Waals surface area (Å²) in [4.78, 5) is 53.1. The van der Waals surface area contributed by atoms with E-state index in [0.717, 1.165) is 4.90 Å². The van der Waals surface area contributed by atoms with Crippen LogP contribution in [0.5, 0.6) is 0 Å². The molecule has 3 rings (SSSR count). The molecule has 1 atom stereocenters. The fourth-order valence-corrected chi connectivity index (χ4v) is 3.99. The van der Waals surface area contributed by atoms with Crippen molar-refractivity contribution in [3.63, 3.8) is 0 Å². The predicted octanol–water partition coefficient (Wildman–Crippen LogP) is 1.94. The third kappa shape index (κ3) is 4.35. The van der Waals surface area contributed by atoms with Crippen LogP contribution in [0.2, 0.25) is 0 Å². The monoisotopic (exact) mass is 441 g/mol. The summed E-state index contributed by atoms with van der Waals surface area (Å²) in [5.41, 5.74) is -0.623. The molecule has 1 saturated heterocycles.